The molecule has 7 nitrogen and oxygen atoms in total. The van der Waals surface area contributed by atoms with E-state index in [1.54, 1.807) is 23.1 Å². The molecule has 1 saturated heterocycles. The van der Waals surface area contributed by atoms with Crippen LogP contribution in [-0.4, -0.2) is 56.4 Å². The van der Waals surface area contributed by atoms with Crippen LogP contribution in [0.25, 0.3) is 0 Å². The van der Waals surface area contributed by atoms with Crippen LogP contribution in [0.4, 0.5) is 4.79 Å². The molecule has 0 radical (unpaired) electrons. The molecule has 23 heavy (non-hydrogen) atoms. The normalized spacial score (nSPS) is 17.2. The topological polar surface area (TPSA) is 77.1 Å². The highest BCUT2D eigenvalue weighted by molar-refractivity contribution is 5.94. The maximum atomic E-state index is 12.2. The Bertz CT molecular complexity index is 588. The second-order valence-electron chi connectivity index (χ2n) is 5.53. The molecule has 1 N–H and O–H groups in total. The Morgan fingerprint density at radius 1 is 1.35 bits per heavy atom. The molecule has 1 fully saturated rings. The third-order valence-corrected chi connectivity index (χ3v) is 3.66. The lowest BCUT2D eigenvalue weighted by Gasteiger charge is -2.17. The van der Waals surface area contributed by atoms with Gasteiger partial charge in [-0.2, -0.15) is 0 Å². The molecule has 1 aromatic rings. The SMILES string of the molecule is COc1ccc(C(=O)NCC2CN(C(C)C)C(=O)O2)cc1OC. The average molecular weight is 322 g/mol. The van der Waals surface area contributed by atoms with Gasteiger partial charge < -0.3 is 24.4 Å². The van der Waals surface area contributed by atoms with Gasteiger partial charge in [0.2, 0.25) is 0 Å². The molecule has 126 valence electrons. The number of nitrogens with zero attached hydrogens (tertiary/aromatic N) is 1. The lowest BCUT2D eigenvalue weighted by atomic mass is 10.2. The number of amides is 2. The number of cyclic esters (lactones) is 1. The van der Waals surface area contributed by atoms with Crippen LogP contribution in [-0.2, 0) is 4.74 Å². The molecule has 1 aliphatic rings. The van der Waals surface area contributed by atoms with Crippen molar-refractivity contribution in [1.29, 1.82) is 0 Å². The number of hydrogen-bond acceptors (Lipinski definition) is 5. The van der Waals surface area contributed by atoms with Crippen LogP contribution in [0.15, 0.2) is 18.2 Å². The molecule has 0 saturated carbocycles. The number of rotatable bonds is 6. The second kappa shape index (κ2) is 7.21. The van der Waals surface area contributed by atoms with Crippen LogP contribution >= 0.6 is 0 Å². The van der Waals surface area contributed by atoms with E-state index in [0.29, 0.717) is 23.6 Å². The maximum absolute atomic E-state index is 12.2. The van der Waals surface area contributed by atoms with Crippen molar-refractivity contribution in [3.63, 3.8) is 0 Å². The van der Waals surface area contributed by atoms with E-state index in [4.69, 9.17) is 14.2 Å². The van der Waals surface area contributed by atoms with Crippen LogP contribution in [0.3, 0.4) is 0 Å². The Labute approximate surface area is 135 Å². The fraction of sp³-hybridized carbons (Fsp3) is 0.500. The molecule has 1 aromatic carbocycles. The third kappa shape index (κ3) is 3.85. The minimum absolute atomic E-state index is 0.0778. The summed E-state index contributed by atoms with van der Waals surface area (Å²) in [6, 6.07) is 5.01. The Morgan fingerprint density at radius 2 is 2.04 bits per heavy atom. The molecule has 2 amide bonds. The highest BCUT2D eigenvalue weighted by Crippen LogP contribution is 2.27. The number of hydrogen-bond donors (Lipinski definition) is 1. The van der Waals surface area contributed by atoms with Crippen LogP contribution in [0.2, 0.25) is 0 Å². The molecule has 2 rings (SSSR count). The van der Waals surface area contributed by atoms with Crippen LogP contribution in [0.1, 0.15) is 24.2 Å². The van der Waals surface area contributed by atoms with Crippen LogP contribution in [0, 0.1) is 0 Å². The van der Waals surface area contributed by atoms with Crippen molar-refractivity contribution >= 4 is 12.0 Å². The van der Waals surface area contributed by atoms with Crippen molar-refractivity contribution in [2.24, 2.45) is 0 Å². The predicted molar refractivity (Wildman–Crippen MR) is 84.0 cm³/mol. The van der Waals surface area contributed by atoms with Crippen molar-refractivity contribution in [2.75, 3.05) is 27.3 Å². The van der Waals surface area contributed by atoms with E-state index in [9.17, 15) is 9.59 Å². The number of carbonyl (C=O) groups is 2. The zero-order valence-corrected chi connectivity index (χ0v) is 13.8. The zero-order valence-electron chi connectivity index (χ0n) is 13.8. The highest BCUT2D eigenvalue weighted by atomic mass is 16.6. The van der Waals surface area contributed by atoms with Crippen molar-refractivity contribution in [3.05, 3.63) is 23.8 Å². The van der Waals surface area contributed by atoms with Gasteiger partial charge in [0, 0.05) is 11.6 Å². The summed E-state index contributed by atoms with van der Waals surface area (Å²) in [5.74, 6) is 0.782. The van der Waals surface area contributed by atoms with Gasteiger partial charge in [-0.15, -0.1) is 0 Å². The first-order valence-corrected chi connectivity index (χ1v) is 7.43. The number of nitrogens with one attached hydrogen (secondary N) is 1. The first kappa shape index (κ1) is 16.9. The van der Waals surface area contributed by atoms with Gasteiger partial charge >= 0.3 is 6.09 Å². The molecule has 0 bridgehead atoms. The van der Waals surface area contributed by atoms with Crippen molar-refractivity contribution < 1.29 is 23.8 Å². The summed E-state index contributed by atoms with van der Waals surface area (Å²) >= 11 is 0. The fourth-order valence-electron chi connectivity index (χ4n) is 2.36. The van der Waals surface area contributed by atoms with Crippen LogP contribution < -0.4 is 14.8 Å². The smallest absolute Gasteiger partial charge is 0.410 e. The highest BCUT2D eigenvalue weighted by Gasteiger charge is 2.32. The summed E-state index contributed by atoms with van der Waals surface area (Å²) < 4.78 is 15.5. The molecule has 7 heteroatoms. The first-order valence-electron chi connectivity index (χ1n) is 7.43. The van der Waals surface area contributed by atoms with Gasteiger partial charge in [-0.25, -0.2) is 4.79 Å². The van der Waals surface area contributed by atoms with Crippen LogP contribution in [0.5, 0.6) is 11.5 Å². The van der Waals surface area contributed by atoms with E-state index in [-0.39, 0.29) is 30.7 Å². The predicted octanol–water partition coefficient (Wildman–Crippen LogP) is 1.66. The van der Waals surface area contributed by atoms with E-state index >= 15 is 0 Å². The Morgan fingerprint density at radius 3 is 2.61 bits per heavy atom. The second-order valence-corrected chi connectivity index (χ2v) is 5.53. The number of methoxy groups -OCH3 is 2. The van der Waals surface area contributed by atoms with Crippen molar-refractivity contribution in [1.82, 2.24) is 10.2 Å². The summed E-state index contributed by atoms with van der Waals surface area (Å²) in [6.07, 6.45) is -0.681. The zero-order chi connectivity index (χ0) is 17.0. The minimum atomic E-state index is -0.342. The van der Waals surface area contributed by atoms with E-state index in [2.05, 4.69) is 5.32 Å². The molecule has 1 heterocycles. The Balaban J connectivity index is 1.94. The van der Waals surface area contributed by atoms with Gasteiger partial charge in [0.25, 0.3) is 5.91 Å². The lowest BCUT2D eigenvalue weighted by molar-refractivity contribution is 0.0913. The summed E-state index contributed by atoms with van der Waals surface area (Å²) in [6.45, 7) is 4.59. The van der Waals surface area contributed by atoms with Crippen molar-refractivity contribution in [2.45, 2.75) is 26.0 Å². The lowest BCUT2D eigenvalue weighted by Crippen LogP contribution is -2.36. The molecular weight excluding hydrogens is 300 g/mol. The summed E-state index contributed by atoms with van der Waals surface area (Å²) in [4.78, 5) is 25.5. The molecular formula is C16H22N2O5. The minimum Gasteiger partial charge on any atom is -0.493 e. The summed E-state index contributed by atoms with van der Waals surface area (Å²) in [7, 11) is 3.05. The fourth-order valence-corrected chi connectivity index (χ4v) is 2.36. The molecule has 1 unspecified atom stereocenters. The van der Waals surface area contributed by atoms with E-state index in [0.717, 1.165) is 0 Å². The molecule has 1 aliphatic heterocycles. The quantitative estimate of drug-likeness (QED) is 0.862. The largest absolute Gasteiger partial charge is 0.493 e. The Hall–Kier alpha value is -2.44. The van der Waals surface area contributed by atoms with E-state index in [1.165, 1.54) is 14.2 Å². The van der Waals surface area contributed by atoms with Gasteiger partial charge in [0.15, 0.2) is 11.5 Å². The van der Waals surface area contributed by atoms with Gasteiger partial charge in [0.05, 0.1) is 27.3 Å². The van der Waals surface area contributed by atoms with E-state index < -0.39 is 0 Å². The van der Waals surface area contributed by atoms with E-state index in [1.807, 2.05) is 13.8 Å². The summed E-state index contributed by atoms with van der Waals surface area (Å²) in [5.41, 5.74) is 0.452. The third-order valence-electron chi connectivity index (χ3n) is 3.66. The molecule has 1 atom stereocenters. The molecule has 0 aliphatic carbocycles. The van der Waals surface area contributed by atoms with Gasteiger partial charge in [-0.05, 0) is 32.0 Å². The number of carbonyl (C=O) groups excluding carboxylic acids is 2. The Kier molecular flexibility index (Phi) is 5.31. The van der Waals surface area contributed by atoms with Gasteiger partial charge in [0.1, 0.15) is 6.10 Å². The average Bonchev–Trinajstić information content (AvgIpc) is 2.93. The van der Waals surface area contributed by atoms with Gasteiger partial charge in [-0.1, -0.05) is 0 Å². The van der Waals surface area contributed by atoms with Crippen molar-refractivity contribution in [3.8, 4) is 11.5 Å². The monoisotopic (exact) mass is 322 g/mol. The number of benzene rings is 1. The standard InChI is InChI=1S/C16H22N2O5/c1-10(2)18-9-12(23-16(18)20)8-17-15(19)11-5-6-13(21-3)14(7-11)22-4/h5-7,10,12H,8-9H2,1-4H3,(H,17,19). The summed E-state index contributed by atoms with van der Waals surface area (Å²) in [5, 5.41) is 2.77. The maximum Gasteiger partial charge on any atom is 0.410 e. The number of ether oxygens (including phenoxy) is 3. The molecule has 0 aromatic heterocycles. The van der Waals surface area contributed by atoms with Gasteiger partial charge in [-0.3, -0.25) is 4.79 Å². The molecule has 0 spiro atoms. The first-order chi connectivity index (χ1) is 11.0.